The van der Waals surface area contributed by atoms with Crippen molar-refractivity contribution in [1.82, 2.24) is 5.32 Å². The van der Waals surface area contributed by atoms with Crippen molar-refractivity contribution in [2.24, 2.45) is 0 Å². The molecule has 0 spiro atoms. The van der Waals surface area contributed by atoms with Crippen LogP contribution in [-0.2, 0) is 0 Å². The Kier molecular flexibility index (Phi) is 5.33. The third kappa shape index (κ3) is 4.29. The van der Waals surface area contributed by atoms with Gasteiger partial charge >= 0.3 is 0 Å². The van der Waals surface area contributed by atoms with E-state index in [4.69, 9.17) is 0 Å². The van der Waals surface area contributed by atoms with Gasteiger partial charge in [0.25, 0.3) is 5.91 Å². The van der Waals surface area contributed by atoms with Crippen LogP contribution in [0.15, 0.2) is 53.0 Å². The van der Waals surface area contributed by atoms with Gasteiger partial charge in [0.2, 0.25) is 0 Å². The summed E-state index contributed by atoms with van der Waals surface area (Å²) in [6.07, 6.45) is 0. The highest BCUT2D eigenvalue weighted by Crippen LogP contribution is 2.17. The maximum atomic E-state index is 13.2. The first-order chi connectivity index (χ1) is 10.1. The van der Waals surface area contributed by atoms with E-state index in [-0.39, 0.29) is 5.91 Å². The number of amides is 1. The molecule has 0 saturated carbocycles. The second-order valence-corrected chi connectivity index (χ2v) is 5.49. The number of halogens is 2. The van der Waals surface area contributed by atoms with Crippen LogP contribution in [0.1, 0.15) is 10.4 Å². The van der Waals surface area contributed by atoms with E-state index in [1.165, 1.54) is 18.2 Å². The molecular formula is C16H16BrFN2O. The molecule has 0 aromatic heterocycles. The van der Waals surface area contributed by atoms with Crippen molar-refractivity contribution in [2.75, 3.05) is 25.0 Å². The molecule has 1 N–H and O–H groups in total. The molecule has 0 aliphatic carbocycles. The average molecular weight is 351 g/mol. The molecular weight excluding hydrogens is 335 g/mol. The Balaban J connectivity index is 1.88. The maximum Gasteiger partial charge on any atom is 0.252 e. The number of benzene rings is 2. The molecule has 0 saturated heterocycles. The Morgan fingerprint density at radius 2 is 1.95 bits per heavy atom. The van der Waals surface area contributed by atoms with E-state index in [1.807, 2.05) is 42.3 Å². The smallest absolute Gasteiger partial charge is 0.252 e. The van der Waals surface area contributed by atoms with Crippen LogP contribution < -0.4 is 10.2 Å². The van der Waals surface area contributed by atoms with E-state index in [9.17, 15) is 9.18 Å². The zero-order valence-electron chi connectivity index (χ0n) is 11.6. The van der Waals surface area contributed by atoms with Gasteiger partial charge in [0.15, 0.2) is 0 Å². The number of anilines is 1. The highest BCUT2D eigenvalue weighted by molar-refractivity contribution is 9.10. The molecule has 2 rings (SSSR count). The lowest BCUT2D eigenvalue weighted by Crippen LogP contribution is -2.33. The van der Waals surface area contributed by atoms with Crippen LogP contribution in [0.4, 0.5) is 10.1 Å². The summed E-state index contributed by atoms with van der Waals surface area (Å²) in [5, 5.41) is 2.79. The third-order valence-electron chi connectivity index (χ3n) is 3.10. The summed E-state index contributed by atoms with van der Waals surface area (Å²) in [6.45, 7) is 1.15. The van der Waals surface area contributed by atoms with E-state index in [2.05, 4.69) is 21.2 Å². The summed E-state index contributed by atoms with van der Waals surface area (Å²) < 4.78 is 13.8. The van der Waals surface area contributed by atoms with E-state index < -0.39 is 5.82 Å². The van der Waals surface area contributed by atoms with E-state index in [0.29, 0.717) is 23.1 Å². The molecule has 0 aliphatic rings. The standard InChI is InChI=1S/C16H16BrFN2O/c1-20(13-5-3-2-4-6-13)10-9-19-16(21)14-11-12(18)7-8-15(14)17/h2-8,11H,9-10H2,1H3,(H,19,21). The monoisotopic (exact) mass is 350 g/mol. The number of carbonyl (C=O) groups is 1. The van der Waals surface area contributed by atoms with Crippen molar-refractivity contribution in [3.63, 3.8) is 0 Å². The summed E-state index contributed by atoms with van der Waals surface area (Å²) >= 11 is 3.25. The summed E-state index contributed by atoms with van der Waals surface area (Å²) in [5.74, 6) is -0.715. The minimum atomic E-state index is -0.426. The molecule has 1 amide bonds. The predicted octanol–water partition coefficient (Wildman–Crippen LogP) is 3.45. The molecule has 110 valence electrons. The number of likely N-dealkylation sites (N-methyl/N-ethyl adjacent to an activating group) is 1. The second-order valence-electron chi connectivity index (χ2n) is 4.64. The van der Waals surface area contributed by atoms with Gasteiger partial charge in [0.05, 0.1) is 5.56 Å². The molecule has 2 aromatic rings. The van der Waals surface area contributed by atoms with Gasteiger partial charge in [-0.3, -0.25) is 4.79 Å². The van der Waals surface area contributed by atoms with Crippen molar-refractivity contribution >= 4 is 27.5 Å². The molecule has 0 aliphatic heterocycles. The molecule has 0 fully saturated rings. The molecule has 5 heteroatoms. The quantitative estimate of drug-likeness (QED) is 0.895. The number of carbonyl (C=O) groups excluding carboxylic acids is 1. The number of hydrogen-bond donors (Lipinski definition) is 1. The van der Waals surface area contributed by atoms with Gasteiger partial charge in [0, 0.05) is 30.3 Å². The number of hydrogen-bond acceptors (Lipinski definition) is 2. The number of para-hydroxylation sites is 1. The Morgan fingerprint density at radius 1 is 1.24 bits per heavy atom. The lowest BCUT2D eigenvalue weighted by atomic mass is 10.2. The van der Waals surface area contributed by atoms with E-state index >= 15 is 0 Å². The molecule has 3 nitrogen and oxygen atoms in total. The fourth-order valence-corrected chi connectivity index (χ4v) is 2.34. The molecule has 0 bridgehead atoms. The van der Waals surface area contributed by atoms with Crippen LogP contribution in [0.2, 0.25) is 0 Å². The molecule has 0 atom stereocenters. The van der Waals surface area contributed by atoms with E-state index in [0.717, 1.165) is 5.69 Å². The van der Waals surface area contributed by atoms with Crippen LogP contribution in [-0.4, -0.2) is 26.0 Å². The van der Waals surface area contributed by atoms with E-state index in [1.54, 1.807) is 0 Å². The first kappa shape index (κ1) is 15.5. The van der Waals surface area contributed by atoms with Crippen LogP contribution in [0, 0.1) is 5.82 Å². The summed E-state index contributed by atoms with van der Waals surface area (Å²) in [6, 6.07) is 14.0. The molecule has 0 unspecified atom stereocenters. The first-order valence-electron chi connectivity index (χ1n) is 6.57. The highest BCUT2D eigenvalue weighted by Gasteiger charge is 2.11. The molecule has 0 radical (unpaired) electrons. The Labute approximate surface area is 131 Å². The predicted molar refractivity (Wildman–Crippen MR) is 86.1 cm³/mol. The van der Waals surface area contributed by atoms with Gasteiger partial charge in [-0.1, -0.05) is 18.2 Å². The lowest BCUT2D eigenvalue weighted by molar-refractivity contribution is 0.0953. The van der Waals surface area contributed by atoms with Crippen molar-refractivity contribution in [3.8, 4) is 0 Å². The van der Waals surface area contributed by atoms with Crippen molar-refractivity contribution in [3.05, 3.63) is 64.4 Å². The zero-order chi connectivity index (χ0) is 15.2. The zero-order valence-corrected chi connectivity index (χ0v) is 13.2. The van der Waals surface area contributed by atoms with Gasteiger partial charge < -0.3 is 10.2 Å². The topological polar surface area (TPSA) is 32.3 Å². The maximum absolute atomic E-state index is 13.2. The van der Waals surface area contributed by atoms with Crippen LogP contribution in [0.25, 0.3) is 0 Å². The van der Waals surface area contributed by atoms with Crippen LogP contribution in [0.5, 0.6) is 0 Å². The van der Waals surface area contributed by atoms with Crippen molar-refractivity contribution in [2.45, 2.75) is 0 Å². The number of nitrogens with zero attached hydrogens (tertiary/aromatic N) is 1. The summed E-state index contributed by atoms with van der Waals surface area (Å²) in [5.41, 5.74) is 1.39. The molecule has 0 heterocycles. The van der Waals surface area contributed by atoms with Crippen LogP contribution >= 0.6 is 15.9 Å². The second kappa shape index (κ2) is 7.22. The van der Waals surface area contributed by atoms with Gasteiger partial charge in [-0.25, -0.2) is 4.39 Å². The first-order valence-corrected chi connectivity index (χ1v) is 7.36. The number of nitrogens with one attached hydrogen (secondary N) is 1. The highest BCUT2D eigenvalue weighted by atomic mass is 79.9. The minimum Gasteiger partial charge on any atom is -0.373 e. The van der Waals surface area contributed by atoms with Crippen molar-refractivity contribution in [1.29, 1.82) is 0 Å². The lowest BCUT2D eigenvalue weighted by Gasteiger charge is -2.19. The fraction of sp³-hybridized carbons (Fsp3) is 0.188. The van der Waals surface area contributed by atoms with Gasteiger partial charge in [0.1, 0.15) is 5.82 Å². The van der Waals surface area contributed by atoms with Gasteiger partial charge in [-0.05, 0) is 46.3 Å². The summed E-state index contributed by atoms with van der Waals surface area (Å²) in [4.78, 5) is 14.1. The Hall–Kier alpha value is -1.88. The Bertz CT molecular complexity index is 619. The number of rotatable bonds is 5. The van der Waals surface area contributed by atoms with Crippen LogP contribution in [0.3, 0.4) is 0 Å². The normalized spacial score (nSPS) is 10.2. The third-order valence-corrected chi connectivity index (χ3v) is 3.79. The van der Waals surface area contributed by atoms with Crippen molar-refractivity contribution < 1.29 is 9.18 Å². The SMILES string of the molecule is CN(CCNC(=O)c1cc(F)ccc1Br)c1ccccc1. The van der Waals surface area contributed by atoms with Gasteiger partial charge in [-0.2, -0.15) is 0 Å². The Morgan fingerprint density at radius 3 is 2.67 bits per heavy atom. The average Bonchev–Trinajstić information content (AvgIpc) is 2.50. The molecule has 21 heavy (non-hydrogen) atoms. The largest absolute Gasteiger partial charge is 0.373 e. The molecule has 2 aromatic carbocycles. The van der Waals surface area contributed by atoms with Gasteiger partial charge in [-0.15, -0.1) is 0 Å². The minimum absolute atomic E-state index is 0.289. The summed E-state index contributed by atoms with van der Waals surface area (Å²) in [7, 11) is 1.96. The fourth-order valence-electron chi connectivity index (χ4n) is 1.92.